The van der Waals surface area contributed by atoms with Gasteiger partial charge in [0.2, 0.25) is 0 Å². The fraction of sp³-hybridized carbons (Fsp3) is 0.438. The first-order valence-electron chi connectivity index (χ1n) is 6.59. The molecule has 1 rings (SSSR count). The highest BCUT2D eigenvalue weighted by Gasteiger charge is 2.16. The molecule has 0 heterocycles. The van der Waals surface area contributed by atoms with Crippen LogP contribution in [0.3, 0.4) is 0 Å². The highest BCUT2D eigenvalue weighted by Crippen LogP contribution is 2.33. The van der Waals surface area contributed by atoms with E-state index in [0.717, 1.165) is 35.3 Å². The molecule has 1 unspecified atom stereocenters. The van der Waals surface area contributed by atoms with Gasteiger partial charge in [-0.05, 0) is 37.0 Å². The van der Waals surface area contributed by atoms with Crippen molar-refractivity contribution in [3.63, 3.8) is 0 Å². The fourth-order valence-corrected chi connectivity index (χ4v) is 2.25. The first-order chi connectivity index (χ1) is 8.99. The maximum absolute atomic E-state index is 11.1. The van der Waals surface area contributed by atoms with Crippen LogP contribution in [0, 0.1) is 12.8 Å². The topological polar surface area (TPSA) is 46.5 Å². The Labute approximate surface area is 114 Å². The number of aliphatic carboxylic acids is 1. The van der Waals surface area contributed by atoms with Crippen LogP contribution in [0.15, 0.2) is 24.3 Å². The molecule has 0 aromatic heterocycles. The quantitative estimate of drug-likeness (QED) is 0.791. The van der Waals surface area contributed by atoms with Crippen molar-refractivity contribution in [3.05, 3.63) is 35.4 Å². The lowest BCUT2D eigenvalue weighted by Crippen LogP contribution is -2.04. The molecule has 1 aromatic carbocycles. The molecular weight excluding hydrogens is 240 g/mol. The maximum Gasteiger partial charge on any atom is 0.328 e. The summed E-state index contributed by atoms with van der Waals surface area (Å²) >= 11 is 0. The summed E-state index contributed by atoms with van der Waals surface area (Å²) in [7, 11) is 1.61. The van der Waals surface area contributed by atoms with E-state index in [-0.39, 0.29) is 5.92 Å². The van der Waals surface area contributed by atoms with Gasteiger partial charge >= 0.3 is 5.97 Å². The van der Waals surface area contributed by atoms with Crippen molar-refractivity contribution < 1.29 is 14.6 Å². The predicted molar refractivity (Wildman–Crippen MR) is 77.4 cm³/mol. The first kappa shape index (κ1) is 15.3. The Morgan fingerprint density at radius 3 is 2.68 bits per heavy atom. The molecule has 0 aliphatic rings. The number of carboxylic acids is 1. The number of carbonyl (C=O) groups is 1. The van der Waals surface area contributed by atoms with Gasteiger partial charge in [-0.2, -0.15) is 0 Å². The Kier molecular flexibility index (Phi) is 5.61. The molecule has 0 amide bonds. The van der Waals surface area contributed by atoms with Crippen molar-refractivity contribution in [3.8, 4) is 5.75 Å². The van der Waals surface area contributed by atoms with Crippen molar-refractivity contribution in [2.24, 2.45) is 5.92 Å². The normalized spacial score (nSPS) is 13.2. The predicted octanol–water partition coefficient (Wildman–Crippen LogP) is 3.91. The molecule has 0 aliphatic heterocycles. The van der Waals surface area contributed by atoms with Gasteiger partial charge < -0.3 is 9.84 Å². The number of hydrogen-bond donors (Lipinski definition) is 1. The molecule has 0 aliphatic carbocycles. The minimum absolute atomic E-state index is 0.191. The molecule has 1 N–H and O–H groups in total. The average molecular weight is 262 g/mol. The SMILES string of the molecule is CCCC(C)/C(=C/C(=O)O)c1cc(C)ccc1OC. The summed E-state index contributed by atoms with van der Waals surface area (Å²) in [5.74, 6) is -0.000588. The highest BCUT2D eigenvalue weighted by atomic mass is 16.5. The Morgan fingerprint density at radius 1 is 1.47 bits per heavy atom. The zero-order valence-electron chi connectivity index (χ0n) is 12.1. The Balaban J connectivity index is 3.32. The summed E-state index contributed by atoms with van der Waals surface area (Å²) in [4.78, 5) is 11.1. The number of allylic oxidation sites excluding steroid dienone is 1. The smallest absolute Gasteiger partial charge is 0.328 e. The lowest BCUT2D eigenvalue weighted by atomic mass is 9.89. The van der Waals surface area contributed by atoms with Crippen molar-refractivity contribution in [1.29, 1.82) is 0 Å². The second-order valence-electron chi connectivity index (χ2n) is 4.83. The summed E-state index contributed by atoms with van der Waals surface area (Å²) in [5.41, 5.74) is 2.80. The molecule has 0 radical (unpaired) electrons. The minimum atomic E-state index is -0.915. The largest absolute Gasteiger partial charge is 0.496 e. The summed E-state index contributed by atoms with van der Waals surface area (Å²) in [6.07, 6.45) is 3.28. The first-order valence-corrected chi connectivity index (χ1v) is 6.59. The third kappa shape index (κ3) is 4.12. The molecule has 1 atom stereocenters. The molecule has 0 saturated heterocycles. The molecule has 0 bridgehead atoms. The zero-order valence-corrected chi connectivity index (χ0v) is 12.1. The monoisotopic (exact) mass is 262 g/mol. The van der Waals surface area contributed by atoms with E-state index in [0.29, 0.717) is 0 Å². The molecule has 19 heavy (non-hydrogen) atoms. The minimum Gasteiger partial charge on any atom is -0.496 e. The number of ether oxygens (including phenoxy) is 1. The van der Waals surface area contributed by atoms with Crippen LogP contribution in [0.1, 0.15) is 37.8 Å². The maximum atomic E-state index is 11.1. The number of carboxylic acid groups (broad SMARTS) is 1. The summed E-state index contributed by atoms with van der Waals surface area (Å²) in [6, 6.07) is 5.84. The van der Waals surface area contributed by atoms with Crippen LogP contribution in [-0.2, 0) is 4.79 Å². The number of benzene rings is 1. The van der Waals surface area contributed by atoms with Gasteiger partial charge in [-0.15, -0.1) is 0 Å². The van der Waals surface area contributed by atoms with Crippen molar-refractivity contribution in [1.82, 2.24) is 0 Å². The van der Waals surface area contributed by atoms with Crippen LogP contribution in [-0.4, -0.2) is 18.2 Å². The van der Waals surface area contributed by atoms with Crippen LogP contribution < -0.4 is 4.74 Å². The summed E-state index contributed by atoms with van der Waals surface area (Å²) < 4.78 is 5.36. The van der Waals surface area contributed by atoms with Crippen LogP contribution >= 0.6 is 0 Å². The van der Waals surface area contributed by atoms with Crippen molar-refractivity contribution >= 4 is 11.5 Å². The third-order valence-corrected chi connectivity index (χ3v) is 3.20. The van der Waals surface area contributed by atoms with E-state index in [1.807, 2.05) is 25.1 Å². The van der Waals surface area contributed by atoms with E-state index in [1.165, 1.54) is 6.08 Å². The third-order valence-electron chi connectivity index (χ3n) is 3.20. The van der Waals surface area contributed by atoms with E-state index in [1.54, 1.807) is 7.11 Å². The van der Waals surface area contributed by atoms with Gasteiger partial charge in [0, 0.05) is 11.6 Å². The van der Waals surface area contributed by atoms with E-state index in [4.69, 9.17) is 9.84 Å². The van der Waals surface area contributed by atoms with Gasteiger partial charge in [0.15, 0.2) is 0 Å². The van der Waals surface area contributed by atoms with Crippen LogP contribution in [0.4, 0.5) is 0 Å². The lowest BCUT2D eigenvalue weighted by molar-refractivity contribution is -0.131. The van der Waals surface area contributed by atoms with E-state index in [2.05, 4.69) is 13.8 Å². The number of rotatable bonds is 6. The zero-order chi connectivity index (χ0) is 14.4. The second-order valence-corrected chi connectivity index (χ2v) is 4.83. The van der Waals surface area contributed by atoms with Gasteiger partial charge in [-0.3, -0.25) is 0 Å². The van der Waals surface area contributed by atoms with Crippen molar-refractivity contribution in [2.75, 3.05) is 7.11 Å². The van der Waals surface area contributed by atoms with Gasteiger partial charge in [0.25, 0.3) is 0 Å². The average Bonchev–Trinajstić information content (AvgIpc) is 2.36. The highest BCUT2D eigenvalue weighted by molar-refractivity contribution is 5.91. The van der Waals surface area contributed by atoms with Crippen molar-refractivity contribution in [2.45, 2.75) is 33.6 Å². The Bertz CT molecular complexity index is 475. The van der Waals surface area contributed by atoms with Crippen LogP contribution in [0.25, 0.3) is 5.57 Å². The molecule has 0 saturated carbocycles. The summed E-state index contributed by atoms with van der Waals surface area (Å²) in [6.45, 7) is 6.15. The Morgan fingerprint density at radius 2 is 2.16 bits per heavy atom. The number of aryl methyl sites for hydroxylation is 1. The van der Waals surface area contributed by atoms with Gasteiger partial charge in [-0.25, -0.2) is 4.79 Å². The standard InChI is InChI=1S/C16H22O3/c1-5-6-12(3)13(10-16(17)18)14-9-11(2)7-8-15(14)19-4/h7-10,12H,5-6H2,1-4H3,(H,17,18)/b13-10-. The molecular formula is C16H22O3. The van der Waals surface area contributed by atoms with Crippen LogP contribution in [0.5, 0.6) is 5.75 Å². The van der Waals surface area contributed by atoms with E-state index in [9.17, 15) is 4.79 Å². The van der Waals surface area contributed by atoms with Gasteiger partial charge in [0.1, 0.15) is 5.75 Å². The second kappa shape index (κ2) is 6.98. The van der Waals surface area contributed by atoms with E-state index >= 15 is 0 Å². The Hall–Kier alpha value is -1.77. The number of methoxy groups -OCH3 is 1. The molecule has 0 spiro atoms. The molecule has 1 aromatic rings. The van der Waals surface area contributed by atoms with Gasteiger partial charge in [-0.1, -0.05) is 31.9 Å². The summed E-state index contributed by atoms with van der Waals surface area (Å²) in [5, 5.41) is 9.08. The van der Waals surface area contributed by atoms with Gasteiger partial charge in [0.05, 0.1) is 7.11 Å². The lowest BCUT2D eigenvalue weighted by Gasteiger charge is -2.18. The van der Waals surface area contributed by atoms with E-state index < -0.39 is 5.97 Å². The fourth-order valence-electron chi connectivity index (χ4n) is 2.25. The number of hydrogen-bond acceptors (Lipinski definition) is 2. The molecule has 3 nitrogen and oxygen atoms in total. The van der Waals surface area contributed by atoms with Crippen LogP contribution in [0.2, 0.25) is 0 Å². The molecule has 3 heteroatoms. The molecule has 0 fully saturated rings. The molecule has 104 valence electrons.